The molecule has 0 saturated carbocycles. The molecule has 0 aliphatic heterocycles. The van der Waals surface area contributed by atoms with Gasteiger partial charge in [0, 0.05) is 23.7 Å². The number of anilines is 1. The van der Waals surface area contributed by atoms with E-state index in [2.05, 4.69) is 5.32 Å². The Labute approximate surface area is 134 Å². The van der Waals surface area contributed by atoms with E-state index in [1.807, 2.05) is 25.1 Å². The Hall–Kier alpha value is -2.43. The molecule has 2 rings (SSSR count). The number of nitrogens with two attached hydrogens (primary N) is 1. The molecule has 1 atom stereocenters. The zero-order chi connectivity index (χ0) is 16.8. The Morgan fingerprint density at radius 3 is 2.61 bits per heavy atom. The fourth-order valence-electron chi connectivity index (χ4n) is 2.46. The number of carbonyl (C=O) groups is 1. The van der Waals surface area contributed by atoms with Crippen molar-refractivity contribution in [1.29, 1.82) is 0 Å². The van der Waals surface area contributed by atoms with Crippen molar-refractivity contribution >= 4 is 11.6 Å². The third-order valence-electron chi connectivity index (χ3n) is 3.76. The molecule has 5 heteroatoms. The maximum absolute atomic E-state index is 13.8. The van der Waals surface area contributed by atoms with Crippen LogP contribution in [0.15, 0.2) is 42.5 Å². The van der Waals surface area contributed by atoms with Gasteiger partial charge in [0.1, 0.15) is 11.6 Å². The zero-order valence-electron chi connectivity index (χ0n) is 13.0. The fraction of sp³-hybridized carbons (Fsp3) is 0.278. The molecule has 0 aliphatic carbocycles. The van der Waals surface area contributed by atoms with E-state index in [0.29, 0.717) is 24.1 Å². The van der Waals surface area contributed by atoms with Crippen molar-refractivity contribution in [1.82, 2.24) is 5.32 Å². The summed E-state index contributed by atoms with van der Waals surface area (Å²) in [5.41, 5.74) is 7.69. The molecule has 0 saturated heterocycles. The summed E-state index contributed by atoms with van der Waals surface area (Å²) < 4.78 is 26.8. The van der Waals surface area contributed by atoms with Crippen LogP contribution in [0.4, 0.5) is 14.5 Å². The molecule has 23 heavy (non-hydrogen) atoms. The number of halogens is 2. The van der Waals surface area contributed by atoms with E-state index in [9.17, 15) is 13.6 Å². The van der Waals surface area contributed by atoms with Crippen molar-refractivity contribution in [2.75, 3.05) is 5.73 Å². The van der Waals surface area contributed by atoms with Crippen LogP contribution in [0.1, 0.15) is 36.9 Å². The van der Waals surface area contributed by atoms with Crippen LogP contribution in [0, 0.1) is 11.6 Å². The van der Waals surface area contributed by atoms with Crippen LogP contribution in [0.5, 0.6) is 0 Å². The fourth-order valence-corrected chi connectivity index (χ4v) is 2.46. The number of rotatable bonds is 6. The molecule has 0 aromatic heterocycles. The van der Waals surface area contributed by atoms with Crippen LogP contribution in [0.3, 0.4) is 0 Å². The molecule has 122 valence electrons. The van der Waals surface area contributed by atoms with Crippen molar-refractivity contribution < 1.29 is 13.6 Å². The molecule has 0 fully saturated rings. The quantitative estimate of drug-likeness (QED) is 0.797. The number of nitrogen functional groups attached to an aromatic ring is 1. The Morgan fingerprint density at radius 1 is 1.22 bits per heavy atom. The van der Waals surface area contributed by atoms with E-state index in [0.717, 1.165) is 11.6 Å². The number of aryl methyl sites for hydroxylation is 1. The summed E-state index contributed by atoms with van der Waals surface area (Å²) in [5, 5.41) is 2.79. The van der Waals surface area contributed by atoms with Crippen molar-refractivity contribution in [3.05, 3.63) is 65.2 Å². The van der Waals surface area contributed by atoms with Gasteiger partial charge >= 0.3 is 0 Å². The summed E-state index contributed by atoms with van der Waals surface area (Å²) in [6.45, 7) is 1.84. The van der Waals surface area contributed by atoms with Gasteiger partial charge in [0.2, 0.25) is 5.91 Å². The molecule has 0 bridgehead atoms. The predicted octanol–water partition coefficient (Wildman–Crippen LogP) is 3.75. The molecule has 0 spiro atoms. The van der Waals surface area contributed by atoms with Gasteiger partial charge < -0.3 is 11.1 Å². The van der Waals surface area contributed by atoms with Crippen LogP contribution in [-0.2, 0) is 11.2 Å². The average molecular weight is 318 g/mol. The molecule has 3 N–H and O–H groups in total. The Kier molecular flexibility index (Phi) is 5.68. The summed E-state index contributed by atoms with van der Waals surface area (Å²) >= 11 is 0. The van der Waals surface area contributed by atoms with Crippen LogP contribution in [0.25, 0.3) is 0 Å². The lowest BCUT2D eigenvalue weighted by atomic mass is 10.0. The highest BCUT2D eigenvalue weighted by Gasteiger charge is 2.17. The first kappa shape index (κ1) is 16.9. The van der Waals surface area contributed by atoms with Gasteiger partial charge in [-0.3, -0.25) is 4.79 Å². The lowest BCUT2D eigenvalue weighted by Crippen LogP contribution is -2.29. The maximum Gasteiger partial charge on any atom is 0.220 e. The molecule has 0 heterocycles. The summed E-state index contributed by atoms with van der Waals surface area (Å²) in [6, 6.07) is 10.3. The second kappa shape index (κ2) is 7.72. The highest BCUT2D eigenvalue weighted by atomic mass is 19.1. The van der Waals surface area contributed by atoms with Gasteiger partial charge in [-0.15, -0.1) is 0 Å². The van der Waals surface area contributed by atoms with E-state index in [-0.39, 0.29) is 12.3 Å². The van der Waals surface area contributed by atoms with Gasteiger partial charge in [0.05, 0.1) is 6.04 Å². The van der Waals surface area contributed by atoms with E-state index >= 15 is 0 Å². The van der Waals surface area contributed by atoms with Gasteiger partial charge in [-0.1, -0.05) is 31.2 Å². The van der Waals surface area contributed by atoms with Crippen molar-refractivity contribution in [3.63, 3.8) is 0 Å². The molecule has 0 radical (unpaired) electrons. The molecule has 0 aliphatic rings. The minimum absolute atomic E-state index is 0.191. The Morgan fingerprint density at radius 2 is 1.96 bits per heavy atom. The molecule has 1 unspecified atom stereocenters. The summed E-state index contributed by atoms with van der Waals surface area (Å²) in [7, 11) is 0. The highest BCUT2D eigenvalue weighted by Crippen LogP contribution is 2.21. The molecular formula is C18H20F2N2O. The van der Waals surface area contributed by atoms with Gasteiger partial charge in [0.15, 0.2) is 0 Å². The maximum atomic E-state index is 13.8. The summed E-state index contributed by atoms with van der Waals surface area (Å²) in [5.74, 6) is -1.47. The SMILES string of the molecule is CCC(NC(=O)CCc1ccccc1N)c1ccc(F)cc1F. The van der Waals surface area contributed by atoms with E-state index in [4.69, 9.17) is 5.73 Å². The smallest absolute Gasteiger partial charge is 0.220 e. The monoisotopic (exact) mass is 318 g/mol. The van der Waals surface area contributed by atoms with Crippen molar-refractivity contribution in [2.24, 2.45) is 0 Å². The molecule has 2 aromatic carbocycles. The number of benzene rings is 2. The van der Waals surface area contributed by atoms with Crippen LogP contribution < -0.4 is 11.1 Å². The Bertz CT molecular complexity index is 688. The van der Waals surface area contributed by atoms with Gasteiger partial charge in [-0.2, -0.15) is 0 Å². The van der Waals surface area contributed by atoms with E-state index in [1.54, 1.807) is 6.07 Å². The number of hydrogen-bond donors (Lipinski definition) is 2. The third-order valence-corrected chi connectivity index (χ3v) is 3.76. The molecule has 3 nitrogen and oxygen atoms in total. The first-order chi connectivity index (χ1) is 11.0. The van der Waals surface area contributed by atoms with E-state index in [1.165, 1.54) is 12.1 Å². The zero-order valence-corrected chi connectivity index (χ0v) is 13.0. The van der Waals surface area contributed by atoms with E-state index < -0.39 is 17.7 Å². The number of para-hydroxylation sites is 1. The summed E-state index contributed by atoms with van der Waals surface area (Å²) in [4.78, 5) is 12.1. The third kappa shape index (κ3) is 4.52. The normalized spacial score (nSPS) is 12.0. The lowest BCUT2D eigenvalue weighted by molar-refractivity contribution is -0.121. The second-order valence-electron chi connectivity index (χ2n) is 5.39. The largest absolute Gasteiger partial charge is 0.399 e. The van der Waals surface area contributed by atoms with Crippen molar-refractivity contribution in [3.8, 4) is 0 Å². The minimum Gasteiger partial charge on any atom is -0.399 e. The molecule has 2 aromatic rings. The van der Waals surface area contributed by atoms with Crippen molar-refractivity contribution in [2.45, 2.75) is 32.2 Å². The van der Waals surface area contributed by atoms with Crippen LogP contribution >= 0.6 is 0 Å². The number of carbonyl (C=O) groups excluding carboxylic acids is 1. The number of nitrogens with one attached hydrogen (secondary N) is 1. The van der Waals surface area contributed by atoms with Crippen LogP contribution in [0.2, 0.25) is 0 Å². The molecule has 1 amide bonds. The average Bonchev–Trinajstić information content (AvgIpc) is 2.52. The Balaban J connectivity index is 1.98. The first-order valence-corrected chi connectivity index (χ1v) is 7.59. The van der Waals surface area contributed by atoms with Gasteiger partial charge in [-0.25, -0.2) is 8.78 Å². The number of amides is 1. The first-order valence-electron chi connectivity index (χ1n) is 7.59. The lowest BCUT2D eigenvalue weighted by Gasteiger charge is -2.18. The summed E-state index contributed by atoms with van der Waals surface area (Å²) in [6.07, 6.45) is 1.29. The van der Waals surface area contributed by atoms with Crippen LogP contribution in [-0.4, -0.2) is 5.91 Å². The topological polar surface area (TPSA) is 55.1 Å². The second-order valence-corrected chi connectivity index (χ2v) is 5.39. The van der Waals surface area contributed by atoms with Gasteiger partial charge in [0.25, 0.3) is 0 Å². The minimum atomic E-state index is -0.649. The molecular weight excluding hydrogens is 298 g/mol. The highest BCUT2D eigenvalue weighted by molar-refractivity contribution is 5.77. The standard InChI is InChI=1S/C18H20F2N2O/c1-2-17(14-9-8-13(19)11-15(14)20)22-18(23)10-7-12-5-3-4-6-16(12)21/h3-6,8-9,11,17H,2,7,10,21H2,1H3,(H,22,23). The van der Waals surface area contributed by atoms with Gasteiger partial charge in [-0.05, 0) is 30.5 Å². The predicted molar refractivity (Wildman–Crippen MR) is 86.7 cm³/mol. The number of hydrogen-bond acceptors (Lipinski definition) is 2.